The van der Waals surface area contributed by atoms with E-state index in [0.29, 0.717) is 6.04 Å². The molecule has 0 spiro atoms. The highest BCUT2D eigenvalue weighted by molar-refractivity contribution is 4.51. The number of rotatable bonds is 10. The van der Waals surface area contributed by atoms with Crippen LogP contribution in [0.1, 0.15) is 33.6 Å². The molecule has 86 valence electrons. The number of ether oxygens (including phenoxy) is 2. The molecule has 14 heavy (non-hydrogen) atoms. The number of nitrogens with one attached hydrogen (secondary N) is 1. The van der Waals surface area contributed by atoms with Gasteiger partial charge in [0.1, 0.15) is 0 Å². The van der Waals surface area contributed by atoms with Gasteiger partial charge in [-0.15, -0.1) is 0 Å². The topological polar surface area (TPSA) is 30.5 Å². The summed E-state index contributed by atoms with van der Waals surface area (Å²) in [7, 11) is 0. The lowest BCUT2D eigenvalue weighted by Gasteiger charge is -2.08. The minimum atomic E-state index is 0.572. The van der Waals surface area contributed by atoms with Crippen LogP contribution in [0.2, 0.25) is 0 Å². The highest BCUT2D eigenvalue weighted by atomic mass is 16.5. The SMILES string of the molecule is CCCOCCOCCCNC(C)C. The Morgan fingerprint density at radius 3 is 2.21 bits per heavy atom. The maximum absolute atomic E-state index is 5.40. The van der Waals surface area contributed by atoms with Gasteiger partial charge in [-0.25, -0.2) is 0 Å². The third-order valence-electron chi connectivity index (χ3n) is 1.74. The summed E-state index contributed by atoms with van der Waals surface area (Å²) in [6, 6.07) is 0.572. The fourth-order valence-corrected chi connectivity index (χ4v) is 1.03. The van der Waals surface area contributed by atoms with Crippen LogP contribution in [-0.4, -0.2) is 39.0 Å². The normalized spacial score (nSPS) is 11.1. The van der Waals surface area contributed by atoms with Crippen LogP contribution in [-0.2, 0) is 9.47 Å². The largest absolute Gasteiger partial charge is 0.379 e. The lowest BCUT2D eigenvalue weighted by atomic mass is 10.3. The molecule has 0 bridgehead atoms. The Morgan fingerprint density at radius 2 is 1.64 bits per heavy atom. The molecule has 0 atom stereocenters. The first-order chi connectivity index (χ1) is 6.77. The van der Waals surface area contributed by atoms with Crippen LogP contribution in [0.15, 0.2) is 0 Å². The molecule has 0 aromatic heterocycles. The molecule has 0 aromatic carbocycles. The maximum atomic E-state index is 5.40. The summed E-state index contributed by atoms with van der Waals surface area (Å²) in [6.45, 7) is 10.6. The smallest absolute Gasteiger partial charge is 0.0700 e. The van der Waals surface area contributed by atoms with E-state index in [1.54, 1.807) is 0 Å². The Morgan fingerprint density at radius 1 is 1.00 bits per heavy atom. The van der Waals surface area contributed by atoms with Gasteiger partial charge in [-0.1, -0.05) is 20.8 Å². The minimum Gasteiger partial charge on any atom is -0.379 e. The Kier molecular flexibility index (Phi) is 10.9. The van der Waals surface area contributed by atoms with Gasteiger partial charge in [0.2, 0.25) is 0 Å². The standard InChI is InChI=1S/C11H25NO2/c1-4-7-13-9-10-14-8-5-6-12-11(2)3/h11-12H,4-10H2,1-3H3. The monoisotopic (exact) mass is 203 g/mol. The average Bonchev–Trinajstić information content (AvgIpc) is 2.15. The Labute approximate surface area is 88.2 Å². The first-order valence-electron chi connectivity index (χ1n) is 5.66. The summed E-state index contributed by atoms with van der Waals surface area (Å²) in [5.41, 5.74) is 0. The number of hydrogen-bond acceptors (Lipinski definition) is 3. The van der Waals surface area contributed by atoms with Crippen LogP contribution in [0.25, 0.3) is 0 Å². The molecule has 0 amide bonds. The third kappa shape index (κ3) is 11.9. The Hall–Kier alpha value is -0.120. The van der Waals surface area contributed by atoms with Crippen molar-refractivity contribution >= 4 is 0 Å². The van der Waals surface area contributed by atoms with Gasteiger partial charge in [-0.05, 0) is 19.4 Å². The minimum absolute atomic E-state index is 0.572. The average molecular weight is 203 g/mol. The van der Waals surface area contributed by atoms with Crippen LogP contribution in [0, 0.1) is 0 Å². The lowest BCUT2D eigenvalue weighted by molar-refractivity contribution is 0.0471. The van der Waals surface area contributed by atoms with Gasteiger partial charge in [0.25, 0.3) is 0 Å². The van der Waals surface area contributed by atoms with E-state index in [0.717, 1.165) is 45.8 Å². The van der Waals surface area contributed by atoms with Gasteiger partial charge >= 0.3 is 0 Å². The summed E-state index contributed by atoms with van der Waals surface area (Å²) < 4.78 is 10.7. The Balaban J connectivity index is 2.85. The molecule has 1 N–H and O–H groups in total. The van der Waals surface area contributed by atoms with Crippen molar-refractivity contribution in [1.82, 2.24) is 5.32 Å². The molecule has 0 aromatic rings. The van der Waals surface area contributed by atoms with E-state index in [1.807, 2.05) is 0 Å². The molecule has 3 heteroatoms. The van der Waals surface area contributed by atoms with Gasteiger partial charge in [0.05, 0.1) is 13.2 Å². The van der Waals surface area contributed by atoms with E-state index in [4.69, 9.17) is 9.47 Å². The van der Waals surface area contributed by atoms with Crippen LogP contribution in [0.4, 0.5) is 0 Å². The summed E-state index contributed by atoms with van der Waals surface area (Å²) in [6.07, 6.45) is 2.16. The molecule has 0 aliphatic carbocycles. The summed E-state index contributed by atoms with van der Waals surface area (Å²) in [4.78, 5) is 0. The highest BCUT2D eigenvalue weighted by Crippen LogP contribution is 1.85. The van der Waals surface area contributed by atoms with Crippen molar-refractivity contribution in [3.05, 3.63) is 0 Å². The molecule has 0 heterocycles. The van der Waals surface area contributed by atoms with Crippen molar-refractivity contribution in [3.8, 4) is 0 Å². The van der Waals surface area contributed by atoms with Gasteiger partial charge in [-0.2, -0.15) is 0 Å². The summed E-state index contributed by atoms with van der Waals surface area (Å²) in [5, 5.41) is 3.35. The molecule has 0 radical (unpaired) electrons. The second-order valence-electron chi connectivity index (χ2n) is 3.69. The van der Waals surface area contributed by atoms with Gasteiger partial charge in [0, 0.05) is 19.3 Å². The lowest BCUT2D eigenvalue weighted by Crippen LogP contribution is -2.24. The van der Waals surface area contributed by atoms with Crippen molar-refractivity contribution in [2.75, 3.05) is 33.0 Å². The molecule has 0 fully saturated rings. The fraction of sp³-hybridized carbons (Fsp3) is 1.00. The van der Waals surface area contributed by atoms with E-state index < -0.39 is 0 Å². The first kappa shape index (κ1) is 13.9. The first-order valence-corrected chi connectivity index (χ1v) is 5.66. The van der Waals surface area contributed by atoms with E-state index in [-0.39, 0.29) is 0 Å². The summed E-state index contributed by atoms with van der Waals surface area (Å²) >= 11 is 0. The van der Waals surface area contributed by atoms with E-state index in [2.05, 4.69) is 26.1 Å². The van der Waals surface area contributed by atoms with E-state index in [9.17, 15) is 0 Å². The second-order valence-corrected chi connectivity index (χ2v) is 3.69. The van der Waals surface area contributed by atoms with Crippen LogP contribution in [0.3, 0.4) is 0 Å². The predicted octanol–water partition coefficient (Wildman–Crippen LogP) is 1.82. The quantitative estimate of drug-likeness (QED) is 0.549. The van der Waals surface area contributed by atoms with Crippen molar-refractivity contribution in [2.24, 2.45) is 0 Å². The summed E-state index contributed by atoms with van der Waals surface area (Å²) in [5.74, 6) is 0. The number of hydrogen-bond donors (Lipinski definition) is 1. The fourth-order valence-electron chi connectivity index (χ4n) is 1.03. The van der Waals surface area contributed by atoms with Crippen molar-refractivity contribution in [1.29, 1.82) is 0 Å². The molecule has 0 saturated heterocycles. The molecule has 0 aliphatic rings. The molecule has 0 unspecified atom stereocenters. The second kappa shape index (κ2) is 11.0. The van der Waals surface area contributed by atoms with Crippen molar-refractivity contribution in [3.63, 3.8) is 0 Å². The van der Waals surface area contributed by atoms with Crippen LogP contribution >= 0.6 is 0 Å². The third-order valence-corrected chi connectivity index (χ3v) is 1.74. The highest BCUT2D eigenvalue weighted by Gasteiger charge is 1.92. The molecule has 0 rings (SSSR count). The van der Waals surface area contributed by atoms with Gasteiger partial charge in [-0.3, -0.25) is 0 Å². The molecular weight excluding hydrogens is 178 g/mol. The maximum Gasteiger partial charge on any atom is 0.0700 e. The molecular formula is C11H25NO2. The molecule has 0 aliphatic heterocycles. The van der Waals surface area contributed by atoms with E-state index in [1.165, 1.54) is 0 Å². The molecule has 3 nitrogen and oxygen atoms in total. The zero-order valence-corrected chi connectivity index (χ0v) is 9.84. The van der Waals surface area contributed by atoms with Crippen molar-refractivity contribution in [2.45, 2.75) is 39.7 Å². The Bertz CT molecular complexity index is 107. The van der Waals surface area contributed by atoms with E-state index >= 15 is 0 Å². The predicted molar refractivity (Wildman–Crippen MR) is 59.7 cm³/mol. The zero-order chi connectivity index (χ0) is 10.6. The van der Waals surface area contributed by atoms with Gasteiger partial charge in [0.15, 0.2) is 0 Å². The molecule has 0 saturated carbocycles. The van der Waals surface area contributed by atoms with Crippen LogP contribution < -0.4 is 5.32 Å². The van der Waals surface area contributed by atoms with Crippen LogP contribution in [0.5, 0.6) is 0 Å². The zero-order valence-electron chi connectivity index (χ0n) is 9.84. The van der Waals surface area contributed by atoms with Gasteiger partial charge < -0.3 is 14.8 Å². The van der Waals surface area contributed by atoms with Crippen molar-refractivity contribution < 1.29 is 9.47 Å².